The molecule has 8 heteroatoms. The average molecular weight is 570 g/mol. The predicted molar refractivity (Wildman–Crippen MR) is 154 cm³/mol. The van der Waals surface area contributed by atoms with Crippen LogP contribution in [-0.2, 0) is 9.59 Å². The van der Waals surface area contributed by atoms with Gasteiger partial charge < -0.3 is 10.0 Å². The van der Waals surface area contributed by atoms with Crippen molar-refractivity contribution in [2.45, 2.75) is 57.5 Å². The average Bonchev–Trinajstić information content (AvgIpc) is 3.31. The van der Waals surface area contributed by atoms with E-state index >= 15 is 0 Å². The van der Waals surface area contributed by atoms with Crippen molar-refractivity contribution in [2.75, 3.05) is 0 Å². The van der Waals surface area contributed by atoms with Crippen molar-refractivity contribution >= 4 is 56.6 Å². The van der Waals surface area contributed by atoms with E-state index in [2.05, 4.69) is 13.0 Å². The fraction of sp³-hybridized carbons (Fsp3) is 0.367. The van der Waals surface area contributed by atoms with Gasteiger partial charge in [-0.05, 0) is 55.2 Å². The molecule has 5 nitrogen and oxygen atoms in total. The van der Waals surface area contributed by atoms with Gasteiger partial charge in [-0.2, -0.15) is 0 Å². The minimum atomic E-state index is -1.08. The van der Waals surface area contributed by atoms with E-state index < -0.39 is 11.4 Å². The number of carboxylic acids is 1. The second-order valence-electron chi connectivity index (χ2n) is 10.5. The quantitative estimate of drug-likeness (QED) is 0.313. The van der Waals surface area contributed by atoms with E-state index in [1.165, 1.54) is 0 Å². The number of amides is 1. The number of piperidine rings is 1. The van der Waals surface area contributed by atoms with Gasteiger partial charge in [-0.15, -0.1) is 11.3 Å². The topological polar surface area (TPSA) is 70.5 Å². The van der Waals surface area contributed by atoms with Crippen LogP contribution in [0.2, 0.25) is 5.02 Å². The Morgan fingerprint density at radius 3 is 2.68 bits per heavy atom. The van der Waals surface area contributed by atoms with Crippen molar-refractivity contribution in [3.63, 3.8) is 0 Å². The Kier molecular flexibility index (Phi) is 7.67. The number of halogens is 2. The summed E-state index contributed by atoms with van der Waals surface area (Å²) in [6.07, 6.45) is 7.50. The van der Waals surface area contributed by atoms with Gasteiger partial charge in [0.15, 0.2) is 0 Å². The lowest BCUT2D eigenvalue weighted by molar-refractivity contribution is -0.162. The Morgan fingerprint density at radius 1 is 1.24 bits per heavy atom. The number of benzene rings is 2. The predicted octanol–water partition coefficient (Wildman–Crippen LogP) is 7.97. The number of aromatic nitrogens is 1. The van der Waals surface area contributed by atoms with Gasteiger partial charge in [0.25, 0.3) is 0 Å². The van der Waals surface area contributed by atoms with E-state index in [1.54, 1.807) is 18.3 Å². The molecule has 5 rings (SSSR count). The number of hydrogen-bond donors (Lipinski definition) is 1. The van der Waals surface area contributed by atoms with Crippen LogP contribution in [-0.4, -0.2) is 32.9 Å². The zero-order valence-corrected chi connectivity index (χ0v) is 23.6. The number of nitrogens with zero attached hydrogens (tertiary/aromatic N) is 2. The first-order chi connectivity index (χ1) is 18.2. The fourth-order valence-electron chi connectivity index (χ4n) is 6.11. The van der Waals surface area contributed by atoms with Gasteiger partial charge >= 0.3 is 5.97 Å². The van der Waals surface area contributed by atoms with Gasteiger partial charge in [-0.3, -0.25) is 9.59 Å². The second kappa shape index (κ2) is 10.8. The summed E-state index contributed by atoms with van der Waals surface area (Å²) in [6.45, 7) is 3.86. The number of likely N-dealkylation sites (tertiary alicyclic amines) is 1. The number of fused-ring (bicyclic) bond motifs is 1. The minimum Gasteiger partial charge on any atom is -0.481 e. The molecule has 0 saturated carbocycles. The molecule has 1 fully saturated rings. The zero-order valence-electron chi connectivity index (χ0n) is 21.3. The van der Waals surface area contributed by atoms with E-state index in [0.717, 1.165) is 20.8 Å². The monoisotopic (exact) mass is 568 g/mol. The highest BCUT2D eigenvalue weighted by molar-refractivity contribution is 7.18. The molecule has 1 aliphatic heterocycles. The number of carbonyl (C=O) groups is 2. The van der Waals surface area contributed by atoms with Crippen molar-refractivity contribution < 1.29 is 14.7 Å². The summed E-state index contributed by atoms with van der Waals surface area (Å²) in [6, 6.07) is 15.2. The summed E-state index contributed by atoms with van der Waals surface area (Å²) in [7, 11) is 0. The minimum absolute atomic E-state index is 0.00300. The third kappa shape index (κ3) is 5.14. The second-order valence-corrected chi connectivity index (χ2v) is 12.4. The van der Waals surface area contributed by atoms with Crippen molar-refractivity contribution in [1.82, 2.24) is 9.88 Å². The van der Waals surface area contributed by atoms with Crippen molar-refractivity contribution in [3.05, 3.63) is 87.4 Å². The number of allylic oxidation sites excluding steroid dienone is 3. The Bertz CT molecular complexity index is 1400. The van der Waals surface area contributed by atoms with Crippen LogP contribution in [0.15, 0.2) is 71.8 Å². The first-order valence-corrected chi connectivity index (χ1v) is 14.5. The van der Waals surface area contributed by atoms with Gasteiger partial charge in [0, 0.05) is 27.9 Å². The third-order valence-corrected chi connectivity index (χ3v) is 9.47. The molecule has 2 heterocycles. The Labute approximate surface area is 236 Å². The van der Waals surface area contributed by atoms with Crippen LogP contribution in [0.1, 0.15) is 62.1 Å². The molecular formula is C30H30Cl2N2O3S. The SMILES string of the molecule is CC[C@@H](c1nc2ccccc2s1)N1C(=O)[C@@](C)(CC(=O)O)C[C@H](c2cccc(Cl)c2)[C@H]1C1C=CC(Cl)=CC1. The first kappa shape index (κ1) is 26.9. The van der Waals surface area contributed by atoms with Crippen molar-refractivity contribution in [2.24, 2.45) is 11.3 Å². The highest BCUT2D eigenvalue weighted by Gasteiger charge is 2.54. The number of para-hydroxylation sites is 1. The summed E-state index contributed by atoms with van der Waals surface area (Å²) in [5, 5.41) is 12.0. The molecule has 2 aliphatic rings. The number of carboxylic acid groups (broad SMARTS) is 1. The van der Waals surface area contributed by atoms with Crippen molar-refractivity contribution in [3.8, 4) is 0 Å². The number of hydrogen-bond acceptors (Lipinski definition) is 4. The molecule has 1 aromatic heterocycles. The highest BCUT2D eigenvalue weighted by atomic mass is 35.5. The smallest absolute Gasteiger partial charge is 0.304 e. The van der Waals surface area contributed by atoms with Gasteiger partial charge in [0.2, 0.25) is 5.91 Å². The molecule has 0 spiro atoms. The molecule has 1 saturated heterocycles. The molecule has 5 atom stereocenters. The lowest BCUT2D eigenvalue weighted by Crippen LogP contribution is -2.59. The molecule has 38 heavy (non-hydrogen) atoms. The Hall–Kier alpha value is -2.67. The van der Waals surface area contributed by atoms with Crippen molar-refractivity contribution in [1.29, 1.82) is 0 Å². The van der Waals surface area contributed by atoms with E-state index in [4.69, 9.17) is 28.2 Å². The number of aliphatic carboxylic acids is 1. The molecule has 1 unspecified atom stereocenters. The maximum atomic E-state index is 14.5. The summed E-state index contributed by atoms with van der Waals surface area (Å²) in [5.74, 6) is -1.24. The molecule has 1 N–H and O–H groups in total. The summed E-state index contributed by atoms with van der Waals surface area (Å²) in [5.41, 5.74) is 0.828. The lowest BCUT2D eigenvalue weighted by atomic mass is 9.65. The van der Waals surface area contributed by atoms with Crippen LogP contribution in [0, 0.1) is 11.3 Å². The van der Waals surface area contributed by atoms with E-state index in [-0.39, 0.29) is 36.2 Å². The highest BCUT2D eigenvalue weighted by Crippen LogP contribution is 2.51. The van der Waals surface area contributed by atoms with Crippen LogP contribution in [0.3, 0.4) is 0 Å². The maximum absolute atomic E-state index is 14.5. The first-order valence-electron chi connectivity index (χ1n) is 12.9. The fourth-order valence-corrected chi connectivity index (χ4v) is 7.62. The Morgan fingerprint density at radius 2 is 2.03 bits per heavy atom. The maximum Gasteiger partial charge on any atom is 0.304 e. The molecule has 0 bridgehead atoms. The number of thiazole rings is 1. The van der Waals surface area contributed by atoms with Crippen LogP contribution < -0.4 is 0 Å². The summed E-state index contributed by atoms with van der Waals surface area (Å²) < 4.78 is 1.06. The third-order valence-electron chi connectivity index (χ3n) is 7.82. The molecule has 198 valence electrons. The van der Waals surface area contributed by atoms with Crippen LogP contribution in [0.25, 0.3) is 10.2 Å². The van der Waals surface area contributed by atoms with E-state index in [1.807, 2.05) is 65.6 Å². The number of carbonyl (C=O) groups excluding carboxylic acids is 1. The summed E-state index contributed by atoms with van der Waals surface area (Å²) in [4.78, 5) is 33.4. The van der Waals surface area contributed by atoms with Crippen LogP contribution >= 0.6 is 34.5 Å². The van der Waals surface area contributed by atoms with E-state index in [0.29, 0.717) is 29.3 Å². The Balaban J connectivity index is 1.69. The van der Waals surface area contributed by atoms with Crippen LogP contribution in [0.5, 0.6) is 0 Å². The van der Waals surface area contributed by atoms with Gasteiger partial charge in [0.05, 0.1) is 28.1 Å². The molecule has 1 amide bonds. The normalized spacial score (nSPS) is 26.4. The van der Waals surface area contributed by atoms with Gasteiger partial charge in [0.1, 0.15) is 5.01 Å². The molecular weight excluding hydrogens is 539 g/mol. The van der Waals surface area contributed by atoms with Gasteiger partial charge in [-0.1, -0.05) is 73.5 Å². The molecule has 1 aliphatic carbocycles. The molecule has 0 radical (unpaired) electrons. The van der Waals surface area contributed by atoms with Gasteiger partial charge in [-0.25, -0.2) is 4.98 Å². The van der Waals surface area contributed by atoms with E-state index in [9.17, 15) is 14.7 Å². The number of rotatable bonds is 7. The standard InChI is InChI=1S/C30H30Cl2N2O3S/c1-3-24(28-33-23-9-4-5-10-25(23)38-28)34-27(18-11-13-20(31)14-12-18)22(19-7-6-8-21(32)15-19)16-30(2,29(34)37)17-26(35)36/h4-11,13-15,18,22,24,27H,3,12,16-17H2,1-2H3,(H,35,36)/t18?,22-,24+,27-,30-/m1/s1. The lowest BCUT2D eigenvalue weighted by Gasteiger charge is -2.53. The molecule has 2 aromatic carbocycles. The largest absolute Gasteiger partial charge is 0.481 e. The van der Waals surface area contributed by atoms with Crippen LogP contribution in [0.4, 0.5) is 0 Å². The molecule has 3 aromatic rings. The summed E-state index contributed by atoms with van der Waals surface area (Å²) >= 11 is 14.3. The zero-order chi connectivity index (χ0) is 27.0.